The first kappa shape index (κ1) is 20.7. The fourth-order valence-corrected chi connectivity index (χ4v) is 7.49. The standard InChI is InChI=1S/C27H39NO2/c1-15-11-25(30)26(28-14-15)17(3)20-7-8-21-22-6-5-18-12-19(29)9-10-27(18,4)24(22)13-23(21)16(20)2/h5,7-8,15,17,19,22,24-26,28-30H,6,9-14H2,1-4H3/t15-,17+,19-,22-,24-,25+,26+,27-/m1/s1. The smallest absolute Gasteiger partial charge is 0.0702 e. The van der Waals surface area contributed by atoms with E-state index < -0.39 is 0 Å². The zero-order valence-corrected chi connectivity index (χ0v) is 19.1. The lowest BCUT2D eigenvalue weighted by molar-refractivity contribution is 0.0656. The molecule has 0 radical (unpaired) electrons. The lowest BCUT2D eigenvalue weighted by Crippen LogP contribution is -2.50. The molecule has 0 unspecified atom stereocenters. The van der Waals surface area contributed by atoms with Crippen LogP contribution in [0.15, 0.2) is 23.8 Å². The monoisotopic (exact) mass is 409 g/mol. The molecule has 4 aliphatic rings. The van der Waals surface area contributed by atoms with E-state index in [1.165, 1.54) is 23.1 Å². The number of aliphatic hydroxyl groups excluding tert-OH is 2. The number of piperidine rings is 1. The largest absolute Gasteiger partial charge is 0.393 e. The third-order valence-electron chi connectivity index (χ3n) is 9.40. The van der Waals surface area contributed by atoms with Gasteiger partial charge in [0.2, 0.25) is 0 Å². The Balaban J connectivity index is 1.44. The van der Waals surface area contributed by atoms with Crippen molar-refractivity contribution >= 4 is 0 Å². The Morgan fingerprint density at radius 1 is 1.20 bits per heavy atom. The fourth-order valence-electron chi connectivity index (χ4n) is 7.49. The Labute approximate surface area is 182 Å². The summed E-state index contributed by atoms with van der Waals surface area (Å²) in [4.78, 5) is 0. The second-order valence-corrected chi connectivity index (χ2v) is 11.2. The zero-order chi connectivity index (χ0) is 21.2. The van der Waals surface area contributed by atoms with Crippen molar-refractivity contribution in [2.45, 2.75) is 96.3 Å². The number of fused-ring (bicyclic) bond motifs is 5. The molecule has 3 N–H and O–H groups in total. The number of nitrogens with one attached hydrogen (secondary N) is 1. The van der Waals surface area contributed by atoms with E-state index in [4.69, 9.17) is 0 Å². The first-order valence-electron chi connectivity index (χ1n) is 12.2. The third kappa shape index (κ3) is 3.12. The van der Waals surface area contributed by atoms with Crippen LogP contribution in [0.25, 0.3) is 0 Å². The normalized spacial score (nSPS) is 41.5. The second-order valence-electron chi connectivity index (χ2n) is 11.2. The zero-order valence-electron chi connectivity index (χ0n) is 19.1. The molecule has 1 saturated carbocycles. The fraction of sp³-hybridized carbons (Fsp3) is 0.704. The minimum absolute atomic E-state index is 0.143. The first-order valence-corrected chi connectivity index (χ1v) is 12.2. The summed E-state index contributed by atoms with van der Waals surface area (Å²) >= 11 is 0. The maximum atomic E-state index is 10.7. The topological polar surface area (TPSA) is 52.5 Å². The summed E-state index contributed by atoms with van der Waals surface area (Å²) in [5.41, 5.74) is 7.79. The van der Waals surface area contributed by atoms with E-state index in [0.717, 1.165) is 38.6 Å². The Hall–Kier alpha value is -1.16. The van der Waals surface area contributed by atoms with Crippen molar-refractivity contribution in [1.82, 2.24) is 5.32 Å². The number of rotatable bonds is 2. The van der Waals surface area contributed by atoms with Gasteiger partial charge < -0.3 is 15.5 Å². The quantitative estimate of drug-likeness (QED) is 0.626. The van der Waals surface area contributed by atoms with Gasteiger partial charge in [0, 0.05) is 6.04 Å². The van der Waals surface area contributed by atoms with Crippen molar-refractivity contribution in [3.8, 4) is 0 Å². The van der Waals surface area contributed by atoms with Gasteiger partial charge in [-0.05, 0) is 103 Å². The maximum Gasteiger partial charge on any atom is 0.0702 e. The van der Waals surface area contributed by atoms with Crippen LogP contribution < -0.4 is 5.32 Å². The van der Waals surface area contributed by atoms with Gasteiger partial charge >= 0.3 is 0 Å². The number of benzene rings is 1. The highest BCUT2D eigenvalue weighted by Crippen LogP contribution is 2.60. The first-order chi connectivity index (χ1) is 14.3. The minimum Gasteiger partial charge on any atom is -0.393 e. The molecule has 164 valence electrons. The molecule has 0 spiro atoms. The molecule has 5 rings (SSSR count). The Kier molecular flexibility index (Phi) is 5.16. The number of hydrogen-bond acceptors (Lipinski definition) is 3. The van der Waals surface area contributed by atoms with Crippen LogP contribution in [0.3, 0.4) is 0 Å². The molecular formula is C27H39NO2. The van der Waals surface area contributed by atoms with E-state index in [1.807, 2.05) is 0 Å². The van der Waals surface area contributed by atoms with Gasteiger partial charge in [-0.3, -0.25) is 0 Å². The molecule has 0 bridgehead atoms. The highest BCUT2D eigenvalue weighted by Gasteiger charge is 2.50. The summed E-state index contributed by atoms with van der Waals surface area (Å²) in [6.07, 6.45) is 8.20. The van der Waals surface area contributed by atoms with Crippen LogP contribution >= 0.6 is 0 Å². The number of hydrogen-bond donors (Lipinski definition) is 3. The van der Waals surface area contributed by atoms with Crippen molar-refractivity contribution in [1.29, 1.82) is 0 Å². The van der Waals surface area contributed by atoms with E-state index in [0.29, 0.717) is 23.7 Å². The second kappa shape index (κ2) is 7.46. The molecule has 1 aromatic rings. The Morgan fingerprint density at radius 3 is 2.77 bits per heavy atom. The molecule has 2 fully saturated rings. The lowest BCUT2D eigenvalue weighted by Gasteiger charge is -2.48. The van der Waals surface area contributed by atoms with Crippen molar-refractivity contribution in [3.05, 3.63) is 46.0 Å². The number of allylic oxidation sites excluding steroid dienone is 1. The average molecular weight is 410 g/mol. The molecular weight excluding hydrogens is 370 g/mol. The molecule has 1 aromatic carbocycles. The molecule has 1 aliphatic heterocycles. The summed E-state index contributed by atoms with van der Waals surface area (Å²) in [6.45, 7) is 10.3. The minimum atomic E-state index is -0.265. The molecule has 0 amide bonds. The predicted octanol–water partition coefficient (Wildman–Crippen LogP) is 4.59. The van der Waals surface area contributed by atoms with Crippen LogP contribution in [0, 0.1) is 24.2 Å². The van der Waals surface area contributed by atoms with Gasteiger partial charge in [-0.2, -0.15) is 0 Å². The van der Waals surface area contributed by atoms with Crippen molar-refractivity contribution < 1.29 is 10.2 Å². The highest BCUT2D eigenvalue weighted by atomic mass is 16.3. The van der Waals surface area contributed by atoms with Crippen LogP contribution in [-0.2, 0) is 6.42 Å². The molecule has 3 heteroatoms. The van der Waals surface area contributed by atoms with Gasteiger partial charge in [0.1, 0.15) is 0 Å². The third-order valence-corrected chi connectivity index (χ3v) is 9.40. The summed E-state index contributed by atoms with van der Waals surface area (Å²) in [7, 11) is 0. The van der Waals surface area contributed by atoms with Crippen LogP contribution in [0.5, 0.6) is 0 Å². The summed E-state index contributed by atoms with van der Waals surface area (Å²) in [6, 6.07) is 4.92. The summed E-state index contributed by atoms with van der Waals surface area (Å²) < 4.78 is 0. The SMILES string of the molecule is Cc1c([C@H](C)[C@@H]2NC[C@H](C)C[C@@H]2O)ccc2c1C[C@@H]1[C@@H]2CC=C2C[C@H](O)CC[C@]21C. The van der Waals surface area contributed by atoms with E-state index in [-0.39, 0.29) is 23.7 Å². The van der Waals surface area contributed by atoms with E-state index in [1.54, 1.807) is 11.1 Å². The molecule has 8 atom stereocenters. The molecule has 3 nitrogen and oxygen atoms in total. The van der Waals surface area contributed by atoms with Crippen LogP contribution in [-0.4, -0.2) is 35.0 Å². The van der Waals surface area contributed by atoms with E-state index in [2.05, 4.69) is 51.2 Å². The summed E-state index contributed by atoms with van der Waals surface area (Å²) in [5.74, 6) is 2.16. The summed E-state index contributed by atoms with van der Waals surface area (Å²) in [5, 5.41) is 24.6. The van der Waals surface area contributed by atoms with Crippen molar-refractivity contribution in [3.63, 3.8) is 0 Å². The van der Waals surface area contributed by atoms with Gasteiger partial charge in [-0.1, -0.05) is 44.6 Å². The Bertz CT molecular complexity index is 861. The molecule has 1 heterocycles. The lowest BCUT2D eigenvalue weighted by atomic mass is 9.57. The van der Waals surface area contributed by atoms with E-state index >= 15 is 0 Å². The Morgan fingerprint density at radius 2 is 2.00 bits per heavy atom. The van der Waals surface area contributed by atoms with Crippen LogP contribution in [0.4, 0.5) is 0 Å². The van der Waals surface area contributed by atoms with Gasteiger partial charge in [0.15, 0.2) is 0 Å². The molecule has 0 aromatic heterocycles. The maximum absolute atomic E-state index is 10.7. The van der Waals surface area contributed by atoms with Gasteiger partial charge in [-0.25, -0.2) is 0 Å². The van der Waals surface area contributed by atoms with Gasteiger partial charge in [0.05, 0.1) is 12.2 Å². The van der Waals surface area contributed by atoms with Gasteiger partial charge in [-0.15, -0.1) is 0 Å². The van der Waals surface area contributed by atoms with Crippen LogP contribution in [0.2, 0.25) is 0 Å². The number of aliphatic hydroxyl groups is 2. The molecule has 30 heavy (non-hydrogen) atoms. The highest BCUT2D eigenvalue weighted by molar-refractivity contribution is 5.49. The average Bonchev–Trinajstić information content (AvgIpc) is 3.09. The predicted molar refractivity (Wildman–Crippen MR) is 122 cm³/mol. The van der Waals surface area contributed by atoms with E-state index in [9.17, 15) is 10.2 Å². The molecule has 1 saturated heterocycles. The van der Waals surface area contributed by atoms with Crippen LogP contribution in [0.1, 0.15) is 87.0 Å². The van der Waals surface area contributed by atoms with Crippen molar-refractivity contribution in [2.24, 2.45) is 17.3 Å². The van der Waals surface area contributed by atoms with Gasteiger partial charge in [0.25, 0.3) is 0 Å². The van der Waals surface area contributed by atoms with Crippen molar-refractivity contribution in [2.75, 3.05) is 6.54 Å². The molecule has 3 aliphatic carbocycles.